The molecule has 20 heavy (non-hydrogen) atoms. The molecule has 0 aliphatic rings. The van der Waals surface area contributed by atoms with Crippen molar-refractivity contribution in [3.05, 3.63) is 36.2 Å². The highest BCUT2D eigenvalue weighted by atomic mass is 16.5. The van der Waals surface area contributed by atoms with Gasteiger partial charge in [0.1, 0.15) is 5.52 Å². The van der Waals surface area contributed by atoms with Gasteiger partial charge in [0.25, 0.3) is 5.91 Å². The molecule has 1 aromatic heterocycles. The molecule has 0 saturated heterocycles. The molecule has 1 aromatic carbocycles. The normalized spacial score (nSPS) is 10.9. The summed E-state index contributed by atoms with van der Waals surface area (Å²) in [6.45, 7) is -0.288. The van der Waals surface area contributed by atoms with Gasteiger partial charge in [-0.1, -0.05) is 12.1 Å². The summed E-state index contributed by atoms with van der Waals surface area (Å²) in [6.07, 6.45) is 2.58. The van der Waals surface area contributed by atoms with E-state index in [0.29, 0.717) is 17.0 Å². The molecule has 2 aromatic rings. The molecule has 0 N–H and O–H groups in total. The van der Waals surface area contributed by atoms with Gasteiger partial charge in [0.15, 0.2) is 12.2 Å². The van der Waals surface area contributed by atoms with Crippen molar-refractivity contribution in [2.75, 3.05) is 20.7 Å². The Morgan fingerprint density at radius 2 is 2.10 bits per heavy atom. The van der Waals surface area contributed by atoms with Crippen molar-refractivity contribution in [3.8, 4) is 0 Å². The molecular formula is C14H14N2O4. The molecule has 0 atom stereocenters. The minimum atomic E-state index is -0.623. The van der Waals surface area contributed by atoms with Crippen molar-refractivity contribution >= 4 is 29.1 Å². The molecule has 0 fully saturated rings. The second-order valence-corrected chi connectivity index (χ2v) is 4.25. The highest BCUT2D eigenvalue weighted by molar-refractivity contribution is 5.89. The molecule has 0 spiro atoms. The molecule has 6 heteroatoms. The molecule has 1 amide bonds. The summed E-state index contributed by atoms with van der Waals surface area (Å²) in [5.74, 6) is -0.599. The Morgan fingerprint density at radius 1 is 1.35 bits per heavy atom. The van der Waals surface area contributed by atoms with Crippen LogP contribution in [0.15, 0.2) is 34.8 Å². The third-order valence-corrected chi connectivity index (χ3v) is 2.51. The van der Waals surface area contributed by atoms with Crippen LogP contribution in [0.5, 0.6) is 0 Å². The summed E-state index contributed by atoms with van der Waals surface area (Å²) >= 11 is 0. The van der Waals surface area contributed by atoms with E-state index in [0.717, 1.165) is 0 Å². The van der Waals surface area contributed by atoms with E-state index in [1.807, 2.05) is 18.2 Å². The average molecular weight is 274 g/mol. The third-order valence-electron chi connectivity index (χ3n) is 2.51. The van der Waals surface area contributed by atoms with Crippen molar-refractivity contribution < 1.29 is 18.7 Å². The number of hydrogen-bond acceptors (Lipinski definition) is 5. The Hall–Kier alpha value is -2.63. The predicted octanol–water partition coefficient (Wildman–Crippen LogP) is 1.47. The van der Waals surface area contributed by atoms with Crippen LogP contribution in [0.1, 0.15) is 5.89 Å². The van der Waals surface area contributed by atoms with Gasteiger partial charge in [-0.2, -0.15) is 0 Å². The van der Waals surface area contributed by atoms with Gasteiger partial charge >= 0.3 is 5.97 Å². The van der Waals surface area contributed by atoms with E-state index < -0.39 is 5.97 Å². The molecule has 6 nitrogen and oxygen atoms in total. The van der Waals surface area contributed by atoms with Crippen LogP contribution in [-0.4, -0.2) is 42.5 Å². The van der Waals surface area contributed by atoms with Crippen molar-refractivity contribution in [3.63, 3.8) is 0 Å². The molecule has 2 rings (SSSR count). The Labute approximate surface area is 115 Å². The van der Waals surface area contributed by atoms with Gasteiger partial charge in [-0.25, -0.2) is 9.78 Å². The summed E-state index contributed by atoms with van der Waals surface area (Å²) in [5, 5.41) is 0. The van der Waals surface area contributed by atoms with Crippen LogP contribution >= 0.6 is 0 Å². The molecule has 104 valence electrons. The van der Waals surface area contributed by atoms with Gasteiger partial charge in [-0.3, -0.25) is 4.79 Å². The Morgan fingerprint density at radius 3 is 2.80 bits per heavy atom. The van der Waals surface area contributed by atoms with E-state index in [1.54, 1.807) is 20.2 Å². The van der Waals surface area contributed by atoms with Gasteiger partial charge in [0.05, 0.1) is 0 Å². The molecule has 0 saturated carbocycles. The molecule has 1 heterocycles. The minimum absolute atomic E-state index is 0.284. The van der Waals surface area contributed by atoms with Gasteiger partial charge < -0.3 is 14.1 Å². The number of carbonyl (C=O) groups excluding carboxylic acids is 2. The maximum atomic E-state index is 11.4. The van der Waals surface area contributed by atoms with E-state index in [-0.39, 0.29) is 12.5 Å². The van der Waals surface area contributed by atoms with Gasteiger partial charge in [0.2, 0.25) is 5.89 Å². The maximum absolute atomic E-state index is 11.4. The highest BCUT2D eigenvalue weighted by Crippen LogP contribution is 2.15. The molecule has 0 bridgehead atoms. The molecule has 0 aliphatic carbocycles. The quantitative estimate of drug-likeness (QED) is 0.623. The van der Waals surface area contributed by atoms with Crippen molar-refractivity contribution in [2.24, 2.45) is 0 Å². The number of carbonyl (C=O) groups is 2. The predicted molar refractivity (Wildman–Crippen MR) is 72.7 cm³/mol. The lowest BCUT2D eigenvalue weighted by molar-refractivity contribution is -0.146. The number of aromatic nitrogens is 1. The molecule has 0 radical (unpaired) electrons. The van der Waals surface area contributed by atoms with Gasteiger partial charge in [0, 0.05) is 26.2 Å². The number of esters is 1. The lowest BCUT2D eigenvalue weighted by atomic mass is 10.3. The largest absolute Gasteiger partial charge is 0.452 e. The standard InChI is InChI=1S/C14H14N2O4/c1-16(2)13(17)9-19-14(18)8-7-12-15-10-5-3-4-6-11(10)20-12/h3-8H,9H2,1-2H3/b8-7+. The number of rotatable bonds is 4. The Balaban J connectivity index is 1.95. The first-order chi connectivity index (χ1) is 9.56. The van der Waals surface area contributed by atoms with E-state index in [9.17, 15) is 9.59 Å². The zero-order valence-corrected chi connectivity index (χ0v) is 11.2. The maximum Gasteiger partial charge on any atom is 0.331 e. The van der Waals surface area contributed by atoms with Crippen LogP contribution in [0, 0.1) is 0 Å². The fourth-order valence-electron chi connectivity index (χ4n) is 1.41. The molecule has 0 aliphatic heterocycles. The van der Waals surface area contributed by atoms with Gasteiger partial charge in [-0.05, 0) is 12.1 Å². The summed E-state index contributed by atoms with van der Waals surface area (Å²) in [7, 11) is 3.18. The first-order valence-corrected chi connectivity index (χ1v) is 5.97. The molecule has 0 unspecified atom stereocenters. The van der Waals surface area contributed by atoms with Gasteiger partial charge in [-0.15, -0.1) is 0 Å². The number of benzene rings is 1. The van der Waals surface area contributed by atoms with E-state index >= 15 is 0 Å². The highest BCUT2D eigenvalue weighted by Gasteiger charge is 2.07. The fourth-order valence-corrected chi connectivity index (χ4v) is 1.41. The first-order valence-electron chi connectivity index (χ1n) is 5.97. The lowest BCUT2D eigenvalue weighted by Crippen LogP contribution is -2.27. The topological polar surface area (TPSA) is 72.6 Å². The average Bonchev–Trinajstić information content (AvgIpc) is 2.85. The van der Waals surface area contributed by atoms with Crippen molar-refractivity contribution in [1.82, 2.24) is 9.88 Å². The van der Waals surface area contributed by atoms with Crippen molar-refractivity contribution in [1.29, 1.82) is 0 Å². The van der Waals surface area contributed by atoms with E-state index in [1.165, 1.54) is 17.1 Å². The number of ether oxygens (including phenoxy) is 1. The summed E-state index contributed by atoms with van der Waals surface area (Å²) < 4.78 is 10.2. The smallest absolute Gasteiger partial charge is 0.331 e. The number of oxazole rings is 1. The minimum Gasteiger partial charge on any atom is -0.452 e. The third kappa shape index (κ3) is 3.44. The summed E-state index contributed by atoms with van der Waals surface area (Å²) in [4.78, 5) is 28.2. The Bertz CT molecular complexity index is 625. The van der Waals surface area contributed by atoms with E-state index in [4.69, 9.17) is 9.15 Å². The SMILES string of the molecule is CN(C)C(=O)COC(=O)/C=C/c1nc2ccccc2o1. The molecular weight excluding hydrogens is 260 g/mol. The number of amides is 1. The zero-order valence-electron chi connectivity index (χ0n) is 11.2. The second kappa shape index (κ2) is 6.01. The summed E-state index contributed by atoms with van der Waals surface area (Å²) in [6, 6.07) is 7.28. The number of hydrogen-bond donors (Lipinski definition) is 0. The lowest BCUT2D eigenvalue weighted by Gasteiger charge is -2.08. The fraction of sp³-hybridized carbons (Fsp3) is 0.214. The van der Waals surface area contributed by atoms with Crippen LogP contribution in [0.3, 0.4) is 0 Å². The zero-order chi connectivity index (χ0) is 14.5. The van der Waals surface area contributed by atoms with Crippen LogP contribution < -0.4 is 0 Å². The van der Waals surface area contributed by atoms with E-state index in [2.05, 4.69) is 4.98 Å². The first kappa shape index (κ1) is 13.8. The number of fused-ring (bicyclic) bond motifs is 1. The number of nitrogens with zero attached hydrogens (tertiary/aromatic N) is 2. The number of para-hydroxylation sites is 2. The summed E-state index contributed by atoms with van der Waals surface area (Å²) in [5.41, 5.74) is 1.35. The van der Waals surface area contributed by atoms with Crippen LogP contribution in [-0.2, 0) is 14.3 Å². The van der Waals surface area contributed by atoms with Crippen LogP contribution in [0.25, 0.3) is 17.2 Å². The van der Waals surface area contributed by atoms with Crippen LogP contribution in [0.2, 0.25) is 0 Å². The van der Waals surface area contributed by atoms with Crippen molar-refractivity contribution in [2.45, 2.75) is 0 Å². The second-order valence-electron chi connectivity index (χ2n) is 4.25. The Kier molecular flexibility index (Phi) is 4.14. The number of likely N-dealkylation sites (N-methyl/N-ethyl adjacent to an activating group) is 1. The van der Waals surface area contributed by atoms with Crippen LogP contribution in [0.4, 0.5) is 0 Å². The monoisotopic (exact) mass is 274 g/mol.